The van der Waals surface area contributed by atoms with Gasteiger partial charge in [-0.15, -0.1) is 0 Å². The molecule has 1 aromatic carbocycles. The molecule has 108 valence electrons. The summed E-state index contributed by atoms with van der Waals surface area (Å²) in [5.74, 6) is 3.53. The Morgan fingerprint density at radius 3 is 2.75 bits per heavy atom. The fourth-order valence-corrected chi connectivity index (χ4v) is 3.66. The minimum absolute atomic E-state index is 0.631. The van der Waals surface area contributed by atoms with Gasteiger partial charge in [0.25, 0.3) is 0 Å². The standard InChI is InChI=1S/C18H25NO/c1-14(18-13-15-8-9-16(18)12-15)19-10-5-11-20-17-6-3-2-4-7-17/h2-4,6-9,14-16,18-19H,5,10-13H2,1H3. The summed E-state index contributed by atoms with van der Waals surface area (Å²) in [6.07, 6.45) is 8.71. The Labute approximate surface area is 122 Å². The number of rotatable bonds is 7. The van der Waals surface area contributed by atoms with Crippen LogP contribution in [0.4, 0.5) is 0 Å². The summed E-state index contributed by atoms with van der Waals surface area (Å²) in [7, 11) is 0. The summed E-state index contributed by atoms with van der Waals surface area (Å²) in [4.78, 5) is 0. The number of ether oxygens (including phenoxy) is 1. The summed E-state index contributed by atoms with van der Waals surface area (Å²) in [5.41, 5.74) is 0. The quantitative estimate of drug-likeness (QED) is 0.604. The number of hydrogen-bond acceptors (Lipinski definition) is 2. The molecule has 4 atom stereocenters. The van der Waals surface area contributed by atoms with Crippen molar-refractivity contribution in [2.75, 3.05) is 13.2 Å². The number of allylic oxidation sites excluding steroid dienone is 2. The fourth-order valence-electron chi connectivity index (χ4n) is 3.66. The molecule has 1 fully saturated rings. The van der Waals surface area contributed by atoms with Crippen molar-refractivity contribution in [3.8, 4) is 5.75 Å². The van der Waals surface area contributed by atoms with Gasteiger partial charge in [0.2, 0.25) is 0 Å². The normalized spacial score (nSPS) is 28.8. The highest BCUT2D eigenvalue weighted by Crippen LogP contribution is 2.44. The fraction of sp³-hybridized carbons (Fsp3) is 0.556. The van der Waals surface area contributed by atoms with Gasteiger partial charge in [-0.2, -0.15) is 0 Å². The molecule has 4 unspecified atom stereocenters. The van der Waals surface area contributed by atoms with E-state index in [2.05, 4.69) is 24.4 Å². The van der Waals surface area contributed by atoms with Crippen LogP contribution in [0.15, 0.2) is 42.5 Å². The maximum absolute atomic E-state index is 5.71. The van der Waals surface area contributed by atoms with Crippen LogP contribution in [0.25, 0.3) is 0 Å². The van der Waals surface area contributed by atoms with Gasteiger partial charge < -0.3 is 10.1 Å². The molecule has 20 heavy (non-hydrogen) atoms. The lowest BCUT2D eigenvalue weighted by molar-refractivity contribution is 0.287. The monoisotopic (exact) mass is 271 g/mol. The zero-order chi connectivity index (χ0) is 13.8. The second-order valence-electron chi connectivity index (χ2n) is 6.20. The van der Waals surface area contributed by atoms with Crippen molar-refractivity contribution in [3.63, 3.8) is 0 Å². The third kappa shape index (κ3) is 3.24. The lowest BCUT2D eigenvalue weighted by atomic mass is 9.87. The molecule has 2 aliphatic carbocycles. The van der Waals surface area contributed by atoms with Gasteiger partial charge in [0, 0.05) is 6.04 Å². The molecule has 2 heteroatoms. The smallest absolute Gasteiger partial charge is 0.119 e. The minimum atomic E-state index is 0.631. The van der Waals surface area contributed by atoms with E-state index in [4.69, 9.17) is 4.74 Å². The van der Waals surface area contributed by atoms with Crippen LogP contribution >= 0.6 is 0 Å². The molecular formula is C18H25NO. The van der Waals surface area contributed by atoms with Gasteiger partial charge in [-0.1, -0.05) is 30.4 Å². The summed E-state index contributed by atoms with van der Waals surface area (Å²) in [5, 5.41) is 3.68. The maximum Gasteiger partial charge on any atom is 0.119 e. The van der Waals surface area contributed by atoms with Gasteiger partial charge in [-0.3, -0.25) is 0 Å². The third-order valence-corrected chi connectivity index (χ3v) is 4.77. The van der Waals surface area contributed by atoms with Gasteiger partial charge >= 0.3 is 0 Å². The van der Waals surface area contributed by atoms with Crippen LogP contribution < -0.4 is 10.1 Å². The first-order chi connectivity index (χ1) is 9.83. The first-order valence-corrected chi connectivity index (χ1v) is 7.92. The summed E-state index contributed by atoms with van der Waals surface area (Å²) in [6.45, 7) is 4.18. The number of nitrogens with one attached hydrogen (secondary N) is 1. The van der Waals surface area contributed by atoms with E-state index in [9.17, 15) is 0 Å². The van der Waals surface area contributed by atoms with Crippen molar-refractivity contribution in [1.29, 1.82) is 0 Å². The molecule has 2 aliphatic rings. The highest BCUT2D eigenvalue weighted by Gasteiger charge is 2.38. The molecule has 0 spiro atoms. The van der Waals surface area contributed by atoms with Gasteiger partial charge in [-0.05, 0) is 62.6 Å². The molecular weight excluding hydrogens is 246 g/mol. The van der Waals surface area contributed by atoms with E-state index in [1.54, 1.807) is 0 Å². The lowest BCUT2D eigenvalue weighted by Gasteiger charge is -2.26. The van der Waals surface area contributed by atoms with Crippen molar-refractivity contribution >= 4 is 0 Å². The SMILES string of the molecule is CC(NCCCOc1ccccc1)C1CC2C=CC1C2. The van der Waals surface area contributed by atoms with Crippen molar-refractivity contribution in [3.05, 3.63) is 42.5 Å². The average Bonchev–Trinajstić information content (AvgIpc) is 3.10. The molecule has 2 nitrogen and oxygen atoms in total. The molecule has 0 heterocycles. The molecule has 3 rings (SSSR count). The van der Waals surface area contributed by atoms with E-state index in [1.807, 2.05) is 30.3 Å². The molecule has 2 bridgehead atoms. The predicted octanol–water partition coefficient (Wildman–Crippen LogP) is 3.65. The Kier molecular flexibility index (Phi) is 4.41. The maximum atomic E-state index is 5.71. The molecule has 0 amide bonds. The molecule has 1 saturated carbocycles. The summed E-state index contributed by atoms with van der Waals surface area (Å²) >= 11 is 0. The van der Waals surface area contributed by atoms with Gasteiger partial charge in [0.15, 0.2) is 0 Å². The predicted molar refractivity (Wildman–Crippen MR) is 82.9 cm³/mol. The zero-order valence-electron chi connectivity index (χ0n) is 12.3. The van der Waals surface area contributed by atoms with Crippen LogP contribution in [0, 0.1) is 17.8 Å². The Bertz CT molecular complexity index is 442. The Balaban J connectivity index is 1.31. The van der Waals surface area contributed by atoms with Gasteiger partial charge in [0.05, 0.1) is 6.61 Å². The number of hydrogen-bond donors (Lipinski definition) is 1. The molecule has 0 saturated heterocycles. The van der Waals surface area contributed by atoms with Crippen LogP contribution in [-0.2, 0) is 0 Å². The minimum Gasteiger partial charge on any atom is -0.494 e. The largest absolute Gasteiger partial charge is 0.494 e. The first kappa shape index (κ1) is 13.7. The molecule has 0 radical (unpaired) electrons. The second-order valence-corrected chi connectivity index (χ2v) is 6.20. The van der Waals surface area contributed by atoms with Gasteiger partial charge in [0.1, 0.15) is 5.75 Å². The molecule has 0 aliphatic heterocycles. The van der Waals surface area contributed by atoms with E-state index in [-0.39, 0.29) is 0 Å². The van der Waals surface area contributed by atoms with E-state index in [0.29, 0.717) is 6.04 Å². The highest BCUT2D eigenvalue weighted by molar-refractivity contribution is 5.20. The van der Waals surface area contributed by atoms with Crippen LogP contribution in [0.5, 0.6) is 5.75 Å². The molecule has 0 aromatic heterocycles. The van der Waals surface area contributed by atoms with E-state index in [1.165, 1.54) is 12.8 Å². The topological polar surface area (TPSA) is 21.3 Å². The molecule has 1 N–H and O–H groups in total. The highest BCUT2D eigenvalue weighted by atomic mass is 16.5. The number of benzene rings is 1. The van der Waals surface area contributed by atoms with Crippen molar-refractivity contribution in [2.24, 2.45) is 17.8 Å². The molecule has 1 aromatic rings. The van der Waals surface area contributed by atoms with E-state index < -0.39 is 0 Å². The van der Waals surface area contributed by atoms with Crippen molar-refractivity contribution < 1.29 is 4.74 Å². The average molecular weight is 271 g/mol. The Morgan fingerprint density at radius 1 is 1.20 bits per heavy atom. The van der Waals surface area contributed by atoms with Gasteiger partial charge in [-0.25, -0.2) is 0 Å². The Hall–Kier alpha value is -1.28. The Morgan fingerprint density at radius 2 is 2.05 bits per heavy atom. The summed E-state index contributed by atoms with van der Waals surface area (Å²) in [6, 6.07) is 10.7. The van der Waals surface area contributed by atoms with E-state index >= 15 is 0 Å². The van der Waals surface area contributed by atoms with Crippen molar-refractivity contribution in [1.82, 2.24) is 5.32 Å². The van der Waals surface area contributed by atoms with Crippen LogP contribution in [0.1, 0.15) is 26.2 Å². The first-order valence-electron chi connectivity index (χ1n) is 7.92. The zero-order valence-corrected chi connectivity index (χ0v) is 12.3. The third-order valence-electron chi connectivity index (χ3n) is 4.77. The van der Waals surface area contributed by atoms with Crippen LogP contribution in [0.3, 0.4) is 0 Å². The lowest BCUT2D eigenvalue weighted by Crippen LogP contribution is -2.36. The summed E-state index contributed by atoms with van der Waals surface area (Å²) < 4.78 is 5.71. The van der Waals surface area contributed by atoms with Crippen LogP contribution in [0.2, 0.25) is 0 Å². The number of para-hydroxylation sites is 1. The second kappa shape index (κ2) is 6.45. The van der Waals surface area contributed by atoms with Crippen molar-refractivity contribution in [2.45, 2.75) is 32.2 Å². The number of fused-ring (bicyclic) bond motifs is 2. The van der Waals surface area contributed by atoms with E-state index in [0.717, 1.165) is 43.1 Å². The van der Waals surface area contributed by atoms with Crippen LogP contribution in [-0.4, -0.2) is 19.2 Å².